The molecule has 0 aliphatic heterocycles. The number of ether oxygens (including phenoxy) is 2. The fraction of sp³-hybridized carbons (Fsp3) is 0.538. The monoisotopic (exact) mass is 334 g/mol. The minimum absolute atomic E-state index is 0.236. The number of halogens is 1. The second-order valence-corrected chi connectivity index (χ2v) is 6.09. The average Bonchev–Trinajstić information content (AvgIpc) is 2.25. The van der Waals surface area contributed by atoms with Gasteiger partial charge in [-0.15, -0.1) is 0 Å². The van der Waals surface area contributed by atoms with E-state index >= 15 is 0 Å². The lowest BCUT2D eigenvalue weighted by molar-refractivity contribution is 0.353. The highest BCUT2D eigenvalue weighted by molar-refractivity contribution is 14.1. The van der Waals surface area contributed by atoms with Crippen molar-refractivity contribution in [2.45, 2.75) is 24.7 Å². The van der Waals surface area contributed by atoms with Crippen LogP contribution >= 0.6 is 22.6 Å². The summed E-state index contributed by atoms with van der Waals surface area (Å²) in [6.07, 6.45) is 0. The molecule has 0 spiro atoms. The van der Waals surface area contributed by atoms with E-state index in [1.165, 1.54) is 5.56 Å². The maximum atomic E-state index is 5.31. The molecule has 0 heterocycles. The van der Waals surface area contributed by atoms with E-state index in [4.69, 9.17) is 9.47 Å². The van der Waals surface area contributed by atoms with Crippen molar-refractivity contribution in [1.82, 2.24) is 0 Å². The number of hydrogen-bond donors (Lipinski definition) is 0. The van der Waals surface area contributed by atoms with Gasteiger partial charge < -0.3 is 9.47 Å². The Bertz CT molecular complexity index is 355. The third-order valence-corrected chi connectivity index (χ3v) is 5.05. The van der Waals surface area contributed by atoms with Crippen LogP contribution in [0.25, 0.3) is 0 Å². The van der Waals surface area contributed by atoms with Crippen molar-refractivity contribution in [1.29, 1.82) is 0 Å². The molecule has 1 rings (SSSR count). The molecule has 16 heavy (non-hydrogen) atoms. The first-order valence-electron chi connectivity index (χ1n) is 5.26. The van der Waals surface area contributed by atoms with E-state index in [1.54, 1.807) is 14.2 Å². The summed E-state index contributed by atoms with van der Waals surface area (Å²) in [7, 11) is 3.32. The lowest BCUT2D eigenvalue weighted by atomic mass is 9.88. The molecular formula is C13H19IO2. The van der Waals surface area contributed by atoms with E-state index in [-0.39, 0.29) is 5.41 Å². The summed E-state index contributed by atoms with van der Waals surface area (Å²) in [5, 5.41) is 0. The van der Waals surface area contributed by atoms with Crippen molar-refractivity contribution in [3.05, 3.63) is 23.8 Å². The van der Waals surface area contributed by atoms with Gasteiger partial charge in [-0.1, -0.05) is 49.4 Å². The highest BCUT2D eigenvalue weighted by atomic mass is 127. The number of benzene rings is 1. The van der Waals surface area contributed by atoms with E-state index in [1.807, 2.05) is 6.07 Å². The smallest absolute Gasteiger partial charge is 0.161 e. The number of rotatable bonds is 3. The SMILES string of the molecule is COc1ccc(C(I)C(C)(C)C)cc1OC. The Balaban J connectivity index is 3.08. The fourth-order valence-electron chi connectivity index (χ4n) is 1.51. The van der Waals surface area contributed by atoms with Crippen LogP contribution in [0.1, 0.15) is 30.3 Å². The van der Waals surface area contributed by atoms with Gasteiger partial charge in [0.25, 0.3) is 0 Å². The Morgan fingerprint density at radius 1 is 1.06 bits per heavy atom. The molecule has 0 N–H and O–H groups in total. The van der Waals surface area contributed by atoms with E-state index in [0.717, 1.165) is 11.5 Å². The van der Waals surface area contributed by atoms with E-state index in [9.17, 15) is 0 Å². The van der Waals surface area contributed by atoms with Gasteiger partial charge in [-0.25, -0.2) is 0 Å². The van der Waals surface area contributed by atoms with Crippen LogP contribution in [0.15, 0.2) is 18.2 Å². The maximum absolute atomic E-state index is 5.31. The van der Waals surface area contributed by atoms with Gasteiger partial charge in [0.1, 0.15) is 0 Å². The van der Waals surface area contributed by atoms with Crippen LogP contribution in [-0.2, 0) is 0 Å². The van der Waals surface area contributed by atoms with Crippen LogP contribution in [0.2, 0.25) is 0 Å². The van der Waals surface area contributed by atoms with Gasteiger partial charge in [0, 0.05) is 3.92 Å². The molecule has 1 aromatic carbocycles. The van der Waals surface area contributed by atoms with Gasteiger partial charge in [-0.05, 0) is 23.1 Å². The molecule has 0 bridgehead atoms. The van der Waals surface area contributed by atoms with Gasteiger partial charge in [0.2, 0.25) is 0 Å². The molecule has 0 aliphatic carbocycles. The van der Waals surface area contributed by atoms with Crippen LogP contribution in [0, 0.1) is 5.41 Å². The second-order valence-electron chi connectivity index (χ2n) is 4.84. The first kappa shape index (κ1) is 13.6. The number of hydrogen-bond acceptors (Lipinski definition) is 2. The summed E-state index contributed by atoms with van der Waals surface area (Å²) in [4.78, 5) is 0. The fourth-order valence-corrected chi connectivity index (χ4v) is 1.90. The molecule has 0 aromatic heterocycles. The average molecular weight is 334 g/mol. The quantitative estimate of drug-likeness (QED) is 0.608. The van der Waals surface area contributed by atoms with Gasteiger partial charge in [-0.3, -0.25) is 0 Å². The summed E-state index contributed by atoms with van der Waals surface area (Å²) in [6, 6.07) is 6.12. The largest absolute Gasteiger partial charge is 0.493 e. The molecule has 0 saturated carbocycles. The molecule has 1 atom stereocenters. The van der Waals surface area contributed by atoms with Crippen LogP contribution in [0.4, 0.5) is 0 Å². The highest BCUT2D eigenvalue weighted by Gasteiger charge is 2.24. The minimum atomic E-state index is 0.236. The first-order chi connectivity index (χ1) is 7.40. The predicted molar refractivity (Wildman–Crippen MR) is 75.8 cm³/mol. The summed E-state index contributed by atoms with van der Waals surface area (Å²) < 4.78 is 11.0. The summed E-state index contributed by atoms with van der Waals surface area (Å²) in [5.41, 5.74) is 1.51. The third kappa shape index (κ3) is 3.03. The predicted octanol–water partition coefficient (Wildman–Crippen LogP) is 4.23. The summed E-state index contributed by atoms with van der Waals surface area (Å²) in [5.74, 6) is 1.58. The van der Waals surface area contributed by atoms with Gasteiger partial charge in [0.15, 0.2) is 11.5 Å². The van der Waals surface area contributed by atoms with E-state index < -0.39 is 0 Å². The topological polar surface area (TPSA) is 18.5 Å². The van der Waals surface area contributed by atoms with Gasteiger partial charge in [0.05, 0.1) is 14.2 Å². The van der Waals surface area contributed by atoms with E-state index in [0.29, 0.717) is 3.92 Å². The van der Waals surface area contributed by atoms with Gasteiger partial charge in [-0.2, -0.15) is 0 Å². The summed E-state index contributed by atoms with van der Waals surface area (Å²) in [6.45, 7) is 6.71. The molecule has 0 amide bonds. The lowest BCUT2D eigenvalue weighted by Gasteiger charge is -2.26. The molecule has 90 valence electrons. The number of alkyl halides is 1. The van der Waals surface area contributed by atoms with Crippen LogP contribution in [0.3, 0.4) is 0 Å². The zero-order valence-corrected chi connectivity index (χ0v) is 12.7. The molecule has 1 unspecified atom stereocenters. The van der Waals surface area contributed by atoms with Crippen molar-refractivity contribution in [3.63, 3.8) is 0 Å². The Kier molecular flexibility index (Phi) is 4.47. The molecule has 3 heteroatoms. The highest BCUT2D eigenvalue weighted by Crippen LogP contribution is 2.42. The molecular weight excluding hydrogens is 315 g/mol. The number of methoxy groups -OCH3 is 2. The Labute approximate surface area is 111 Å². The standard InChI is InChI=1S/C13H19IO2/c1-13(2,3)12(14)9-6-7-10(15-4)11(8-9)16-5/h6-8,12H,1-5H3. The van der Waals surface area contributed by atoms with Crippen molar-refractivity contribution < 1.29 is 9.47 Å². The van der Waals surface area contributed by atoms with Crippen LogP contribution in [-0.4, -0.2) is 14.2 Å². The van der Waals surface area contributed by atoms with Crippen molar-refractivity contribution in [3.8, 4) is 11.5 Å². The molecule has 0 radical (unpaired) electrons. The zero-order chi connectivity index (χ0) is 12.3. The Hall–Kier alpha value is -0.450. The Morgan fingerprint density at radius 3 is 2.06 bits per heavy atom. The lowest BCUT2D eigenvalue weighted by Crippen LogP contribution is -2.12. The summed E-state index contributed by atoms with van der Waals surface area (Å²) >= 11 is 2.47. The molecule has 0 aliphatic rings. The second kappa shape index (κ2) is 5.25. The molecule has 0 fully saturated rings. The Morgan fingerprint density at radius 2 is 1.62 bits per heavy atom. The van der Waals surface area contributed by atoms with Crippen molar-refractivity contribution in [2.24, 2.45) is 5.41 Å². The zero-order valence-electron chi connectivity index (χ0n) is 10.5. The molecule has 0 saturated heterocycles. The maximum Gasteiger partial charge on any atom is 0.161 e. The minimum Gasteiger partial charge on any atom is -0.493 e. The van der Waals surface area contributed by atoms with Crippen LogP contribution in [0.5, 0.6) is 11.5 Å². The third-order valence-electron chi connectivity index (χ3n) is 2.46. The van der Waals surface area contributed by atoms with E-state index in [2.05, 4.69) is 55.5 Å². The van der Waals surface area contributed by atoms with Crippen LogP contribution < -0.4 is 9.47 Å². The molecule has 2 nitrogen and oxygen atoms in total. The van der Waals surface area contributed by atoms with Crippen molar-refractivity contribution >= 4 is 22.6 Å². The first-order valence-corrected chi connectivity index (χ1v) is 6.50. The molecule has 1 aromatic rings. The van der Waals surface area contributed by atoms with Crippen molar-refractivity contribution in [2.75, 3.05) is 14.2 Å². The normalized spacial score (nSPS) is 13.4. The van der Waals surface area contributed by atoms with Gasteiger partial charge >= 0.3 is 0 Å².